The number of carbonyl (C=O) groups excluding carboxylic acids is 1. The first-order valence-electron chi connectivity index (χ1n) is 8.71. The highest BCUT2D eigenvalue weighted by atomic mass is 32.2. The number of benzene rings is 2. The molecule has 30 heavy (non-hydrogen) atoms. The van der Waals surface area contributed by atoms with Crippen LogP contribution in [0.4, 0.5) is 0 Å². The number of aromatic nitrogens is 4. The minimum absolute atomic E-state index is 0.122. The van der Waals surface area contributed by atoms with Crippen molar-refractivity contribution in [3.05, 3.63) is 82.5 Å². The van der Waals surface area contributed by atoms with Gasteiger partial charge < -0.3 is 0 Å². The molecule has 0 spiro atoms. The van der Waals surface area contributed by atoms with E-state index < -0.39 is 21.5 Å². The van der Waals surface area contributed by atoms with Crippen LogP contribution in [0, 0.1) is 6.92 Å². The molecule has 0 saturated heterocycles. The van der Waals surface area contributed by atoms with E-state index in [1.807, 2.05) is 31.2 Å². The van der Waals surface area contributed by atoms with Gasteiger partial charge in [0.2, 0.25) is 10.0 Å². The maximum atomic E-state index is 12.7. The van der Waals surface area contributed by atoms with Crippen LogP contribution in [0.15, 0.2) is 70.7 Å². The highest BCUT2D eigenvalue weighted by Crippen LogP contribution is 2.14. The summed E-state index contributed by atoms with van der Waals surface area (Å²) < 4.78 is 25.1. The number of nitrogens with zero attached hydrogens (tertiary/aromatic N) is 4. The maximum absolute atomic E-state index is 12.7. The zero-order valence-electron chi connectivity index (χ0n) is 15.7. The lowest BCUT2D eigenvalue weighted by Gasteiger charge is -2.08. The van der Waals surface area contributed by atoms with Gasteiger partial charge in [0.15, 0.2) is 5.65 Å². The van der Waals surface area contributed by atoms with Crippen LogP contribution in [0.2, 0.25) is 0 Å². The number of amides is 1. The van der Waals surface area contributed by atoms with Gasteiger partial charge in [-0.05, 0) is 43.3 Å². The van der Waals surface area contributed by atoms with Gasteiger partial charge in [-0.3, -0.25) is 15.0 Å². The molecule has 0 aliphatic heterocycles. The third kappa shape index (κ3) is 3.58. The second kappa shape index (κ2) is 7.21. The molecule has 0 fully saturated rings. The number of sulfonamides is 1. The Morgan fingerprint density at radius 3 is 2.37 bits per heavy atom. The Morgan fingerprint density at radius 2 is 1.73 bits per heavy atom. The fourth-order valence-electron chi connectivity index (χ4n) is 2.84. The van der Waals surface area contributed by atoms with Crippen molar-refractivity contribution >= 4 is 27.0 Å². The predicted molar refractivity (Wildman–Crippen MR) is 109 cm³/mol. The first-order valence-corrected chi connectivity index (χ1v) is 10.3. The number of hydrogen-bond donors (Lipinski definition) is 2. The summed E-state index contributed by atoms with van der Waals surface area (Å²) in [6.07, 6.45) is 2.57. The molecule has 0 aliphatic rings. The fourth-order valence-corrected chi connectivity index (χ4v) is 3.35. The highest BCUT2D eigenvalue weighted by Gasteiger charge is 2.14. The zero-order valence-corrected chi connectivity index (χ0v) is 16.5. The molecule has 152 valence electrons. The number of nitrogens with two attached hydrogens (primary N) is 1. The Morgan fingerprint density at radius 1 is 1.07 bits per heavy atom. The third-order valence-corrected chi connectivity index (χ3v) is 5.36. The third-order valence-electron chi connectivity index (χ3n) is 4.43. The van der Waals surface area contributed by atoms with Gasteiger partial charge in [0.1, 0.15) is 11.7 Å². The standard InChI is InChI=1S/C19H16N6O4S/c1-12-2-6-14(7-3-12)25-17-16(10-22-25)19(27)24(11-21-17)23-18(26)13-4-8-15(9-5-13)30(20,28)29/h2-11H,1H3,(H,23,26)(H2,20,28,29). The van der Waals surface area contributed by atoms with Crippen LogP contribution in [0.25, 0.3) is 16.7 Å². The van der Waals surface area contributed by atoms with Crippen molar-refractivity contribution < 1.29 is 13.2 Å². The number of carbonyl (C=O) groups is 1. The van der Waals surface area contributed by atoms with Crippen molar-refractivity contribution in [1.82, 2.24) is 19.4 Å². The topological polar surface area (TPSA) is 142 Å². The van der Waals surface area contributed by atoms with Crippen molar-refractivity contribution in [2.75, 3.05) is 5.43 Å². The van der Waals surface area contributed by atoms with Crippen LogP contribution in [0.3, 0.4) is 0 Å². The van der Waals surface area contributed by atoms with Crippen LogP contribution in [0.1, 0.15) is 15.9 Å². The number of hydrogen-bond acceptors (Lipinski definition) is 6. The Kier molecular flexibility index (Phi) is 4.68. The van der Waals surface area contributed by atoms with E-state index in [2.05, 4.69) is 15.5 Å². The molecular weight excluding hydrogens is 408 g/mol. The normalized spacial score (nSPS) is 11.5. The molecule has 11 heteroatoms. The van der Waals surface area contributed by atoms with Gasteiger partial charge in [-0.2, -0.15) is 5.10 Å². The number of primary sulfonamides is 1. The second-order valence-corrected chi connectivity index (χ2v) is 8.12. The maximum Gasteiger partial charge on any atom is 0.283 e. The summed E-state index contributed by atoms with van der Waals surface area (Å²) in [5.41, 5.74) is 4.25. The average molecular weight is 424 g/mol. The van der Waals surface area contributed by atoms with E-state index in [4.69, 9.17) is 5.14 Å². The Labute approximate surface area is 170 Å². The summed E-state index contributed by atoms with van der Waals surface area (Å²) in [5, 5.41) is 9.49. The molecule has 0 aliphatic carbocycles. The van der Waals surface area contributed by atoms with Crippen molar-refractivity contribution in [2.45, 2.75) is 11.8 Å². The van der Waals surface area contributed by atoms with Crippen molar-refractivity contribution in [2.24, 2.45) is 5.14 Å². The van der Waals surface area contributed by atoms with E-state index in [0.717, 1.165) is 15.9 Å². The molecule has 0 bridgehead atoms. The SMILES string of the molecule is Cc1ccc(-n2ncc3c(=O)n(NC(=O)c4ccc(S(N)(=O)=O)cc4)cnc32)cc1. The summed E-state index contributed by atoms with van der Waals surface area (Å²) in [5.74, 6) is -0.620. The second-order valence-electron chi connectivity index (χ2n) is 6.56. The lowest BCUT2D eigenvalue weighted by molar-refractivity contribution is 0.101. The molecule has 2 aromatic heterocycles. The van der Waals surface area contributed by atoms with Gasteiger partial charge in [-0.1, -0.05) is 17.7 Å². The van der Waals surface area contributed by atoms with E-state index >= 15 is 0 Å². The first kappa shape index (κ1) is 19.5. The molecule has 10 nitrogen and oxygen atoms in total. The first-order chi connectivity index (χ1) is 14.2. The van der Waals surface area contributed by atoms with Crippen LogP contribution in [0.5, 0.6) is 0 Å². The van der Waals surface area contributed by atoms with Gasteiger partial charge in [0.05, 0.1) is 16.8 Å². The van der Waals surface area contributed by atoms with Crippen molar-refractivity contribution in [1.29, 1.82) is 0 Å². The van der Waals surface area contributed by atoms with Crippen LogP contribution in [-0.4, -0.2) is 33.8 Å². The Hall–Kier alpha value is -3.83. The Bertz CT molecular complexity index is 1420. The molecule has 2 aromatic carbocycles. The molecule has 2 heterocycles. The molecule has 4 aromatic rings. The van der Waals surface area contributed by atoms with E-state index in [9.17, 15) is 18.0 Å². The van der Waals surface area contributed by atoms with Gasteiger partial charge in [-0.25, -0.2) is 27.9 Å². The molecule has 0 atom stereocenters. The van der Waals surface area contributed by atoms with Gasteiger partial charge >= 0.3 is 0 Å². The molecule has 0 saturated carbocycles. The predicted octanol–water partition coefficient (Wildman–Crippen LogP) is 0.922. The number of nitrogens with one attached hydrogen (secondary N) is 1. The zero-order chi connectivity index (χ0) is 21.5. The smallest absolute Gasteiger partial charge is 0.267 e. The summed E-state index contributed by atoms with van der Waals surface area (Å²) in [4.78, 5) is 29.3. The Balaban J connectivity index is 1.64. The monoisotopic (exact) mass is 424 g/mol. The van der Waals surface area contributed by atoms with Gasteiger partial charge in [0, 0.05) is 5.56 Å². The quantitative estimate of drug-likeness (QED) is 0.499. The summed E-state index contributed by atoms with van der Waals surface area (Å²) in [6, 6.07) is 12.6. The average Bonchev–Trinajstić information content (AvgIpc) is 3.15. The van der Waals surface area contributed by atoms with Gasteiger partial charge in [-0.15, -0.1) is 0 Å². The molecule has 0 radical (unpaired) electrons. The van der Waals surface area contributed by atoms with Crippen LogP contribution in [-0.2, 0) is 10.0 Å². The molecule has 1 amide bonds. The van der Waals surface area contributed by atoms with Crippen molar-refractivity contribution in [3.63, 3.8) is 0 Å². The molecular formula is C19H16N6O4S. The van der Waals surface area contributed by atoms with Gasteiger partial charge in [0.25, 0.3) is 11.5 Å². The number of rotatable bonds is 4. The molecule has 0 unspecified atom stereocenters. The highest BCUT2D eigenvalue weighted by molar-refractivity contribution is 7.89. The lowest BCUT2D eigenvalue weighted by atomic mass is 10.2. The van der Waals surface area contributed by atoms with Crippen LogP contribution >= 0.6 is 0 Å². The minimum Gasteiger partial charge on any atom is -0.267 e. The molecule has 4 rings (SSSR count). The summed E-state index contributed by atoms with van der Waals surface area (Å²) >= 11 is 0. The fraction of sp³-hybridized carbons (Fsp3) is 0.0526. The van der Waals surface area contributed by atoms with Crippen LogP contribution < -0.4 is 16.1 Å². The van der Waals surface area contributed by atoms with E-state index in [1.54, 1.807) is 0 Å². The molecule has 3 N–H and O–H groups in total. The number of fused-ring (bicyclic) bond motifs is 1. The number of aryl methyl sites for hydroxylation is 1. The summed E-state index contributed by atoms with van der Waals surface area (Å²) in [6.45, 7) is 1.97. The van der Waals surface area contributed by atoms with Crippen molar-refractivity contribution in [3.8, 4) is 5.69 Å². The largest absolute Gasteiger partial charge is 0.283 e. The summed E-state index contributed by atoms with van der Waals surface area (Å²) in [7, 11) is -3.86. The van der Waals surface area contributed by atoms with E-state index in [0.29, 0.717) is 5.65 Å². The minimum atomic E-state index is -3.86. The van der Waals surface area contributed by atoms with E-state index in [-0.39, 0.29) is 15.8 Å². The van der Waals surface area contributed by atoms with E-state index in [1.165, 1.54) is 41.5 Å². The lowest BCUT2D eigenvalue weighted by Crippen LogP contribution is -2.33.